The highest BCUT2D eigenvalue weighted by Gasteiger charge is 2.26. The number of H-pyrrole nitrogens is 1. The van der Waals surface area contributed by atoms with Crippen LogP contribution in [-0.2, 0) is 0 Å². The Morgan fingerprint density at radius 1 is 1.10 bits per heavy atom. The maximum absolute atomic E-state index is 12.7. The van der Waals surface area contributed by atoms with E-state index in [1.54, 1.807) is 6.20 Å². The smallest absolute Gasteiger partial charge is 0.251 e. The van der Waals surface area contributed by atoms with E-state index in [0.717, 1.165) is 48.1 Å². The van der Waals surface area contributed by atoms with Gasteiger partial charge < -0.3 is 14.7 Å². The first-order valence-electron chi connectivity index (χ1n) is 10.0. The molecule has 0 saturated heterocycles. The van der Waals surface area contributed by atoms with Gasteiger partial charge in [-0.2, -0.15) is 0 Å². The Morgan fingerprint density at radius 2 is 1.97 bits per heavy atom. The van der Waals surface area contributed by atoms with Gasteiger partial charge in [-0.3, -0.25) is 4.79 Å². The summed E-state index contributed by atoms with van der Waals surface area (Å²) in [6, 6.07) is 15.7. The molecule has 1 fully saturated rings. The molecule has 2 N–H and O–H groups in total. The maximum Gasteiger partial charge on any atom is 0.251 e. The van der Waals surface area contributed by atoms with Gasteiger partial charge in [-0.1, -0.05) is 30.7 Å². The number of carbonyl (C=O) groups is 1. The van der Waals surface area contributed by atoms with E-state index in [4.69, 9.17) is 9.40 Å². The molecule has 2 aromatic carbocycles. The molecule has 6 heteroatoms. The molecule has 2 atom stereocenters. The van der Waals surface area contributed by atoms with Crippen LogP contribution >= 0.6 is 0 Å². The molecule has 1 aliphatic rings. The van der Waals surface area contributed by atoms with Gasteiger partial charge in [0.25, 0.3) is 5.91 Å². The van der Waals surface area contributed by atoms with E-state index in [1.807, 2.05) is 42.5 Å². The standard InChI is InChI=1S/C23H22N4O2/c28-23(16-10-8-15(9-11-16)21-13-24-14-29-21)25-18-5-3-4-17(12-18)22-26-19-6-1-2-7-20(19)27-22/h1-2,6-11,13-14,17-18H,3-5,12H2,(H,25,28)(H,26,27)/t17-,18?/m0/s1. The number of rotatable bonds is 4. The SMILES string of the molecule is O=C(NC1CCC[C@H](c2nc3ccccc3[nH]2)C1)c1ccc(-c2cnco2)cc1. The number of imidazole rings is 1. The Bertz CT molecular complexity index is 1080. The van der Waals surface area contributed by atoms with Crippen LogP contribution in [0.2, 0.25) is 0 Å². The van der Waals surface area contributed by atoms with Crippen molar-refractivity contribution in [3.63, 3.8) is 0 Å². The van der Waals surface area contributed by atoms with Crippen LogP contribution in [0.4, 0.5) is 0 Å². The second-order valence-electron chi connectivity index (χ2n) is 7.62. The molecule has 0 spiro atoms. The fraction of sp³-hybridized carbons (Fsp3) is 0.261. The quantitative estimate of drug-likeness (QED) is 0.534. The molecule has 29 heavy (non-hydrogen) atoms. The lowest BCUT2D eigenvalue weighted by Crippen LogP contribution is -2.38. The van der Waals surface area contributed by atoms with Crippen molar-refractivity contribution in [3.8, 4) is 11.3 Å². The second-order valence-corrected chi connectivity index (χ2v) is 7.62. The molecule has 2 aromatic heterocycles. The Kier molecular flexibility index (Phi) is 4.60. The number of aromatic amines is 1. The lowest BCUT2D eigenvalue weighted by Gasteiger charge is -2.28. The van der Waals surface area contributed by atoms with Crippen molar-refractivity contribution in [3.05, 3.63) is 72.5 Å². The molecule has 6 nitrogen and oxygen atoms in total. The summed E-state index contributed by atoms with van der Waals surface area (Å²) in [5, 5.41) is 3.21. The molecule has 1 amide bonds. The number of oxazole rings is 1. The van der Waals surface area contributed by atoms with Crippen LogP contribution in [-0.4, -0.2) is 26.9 Å². The van der Waals surface area contributed by atoms with E-state index in [9.17, 15) is 4.79 Å². The zero-order valence-corrected chi connectivity index (χ0v) is 16.0. The van der Waals surface area contributed by atoms with Gasteiger partial charge in [-0.25, -0.2) is 9.97 Å². The highest BCUT2D eigenvalue weighted by atomic mass is 16.3. The molecule has 4 aromatic rings. The fourth-order valence-electron chi connectivity index (χ4n) is 4.15. The average Bonchev–Trinajstić information content (AvgIpc) is 3.44. The van der Waals surface area contributed by atoms with Gasteiger partial charge in [-0.15, -0.1) is 0 Å². The number of amides is 1. The zero-order chi connectivity index (χ0) is 19.6. The number of carbonyl (C=O) groups excluding carboxylic acids is 1. The predicted octanol–water partition coefficient (Wildman–Crippen LogP) is 4.67. The molecule has 1 unspecified atom stereocenters. The summed E-state index contributed by atoms with van der Waals surface area (Å²) in [7, 11) is 0. The number of benzene rings is 2. The normalized spacial score (nSPS) is 19.3. The minimum Gasteiger partial charge on any atom is -0.444 e. The number of para-hydroxylation sites is 2. The molecule has 0 radical (unpaired) electrons. The first kappa shape index (κ1) is 17.7. The highest BCUT2D eigenvalue weighted by Crippen LogP contribution is 2.32. The molecular weight excluding hydrogens is 364 g/mol. The van der Waals surface area contributed by atoms with E-state index >= 15 is 0 Å². The van der Waals surface area contributed by atoms with Crippen LogP contribution in [0.1, 0.15) is 47.8 Å². The number of hydrogen-bond donors (Lipinski definition) is 2. The molecule has 1 aliphatic carbocycles. The molecule has 0 bridgehead atoms. The molecule has 2 heterocycles. The lowest BCUT2D eigenvalue weighted by atomic mass is 9.85. The van der Waals surface area contributed by atoms with Crippen molar-refractivity contribution in [1.29, 1.82) is 0 Å². The molecule has 0 aliphatic heterocycles. The highest BCUT2D eigenvalue weighted by molar-refractivity contribution is 5.94. The number of aromatic nitrogens is 3. The summed E-state index contributed by atoms with van der Waals surface area (Å²) in [5.41, 5.74) is 3.63. The van der Waals surface area contributed by atoms with E-state index in [0.29, 0.717) is 17.2 Å². The van der Waals surface area contributed by atoms with Crippen LogP contribution < -0.4 is 5.32 Å². The summed E-state index contributed by atoms with van der Waals surface area (Å²) >= 11 is 0. The largest absolute Gasteiger partial charge is 0.444 e. The van der Waals surface area contributed by atoms with Crippen LogP contribution in [0, 0.1) is 0 Å². The van der Waals surface area contributed by atoms with Gasteiger partial charge in [0.05, 0.1) is 17.2 Å². The van der Waals surface area contributed by atoms with Crippen LogP contribution in [0.5, 0.6) is 0 Å². The predicted molar refractivity (Wildman–Crippen MR) is 110 cm³/mol. The average molecular weight is 386 g/mol. The molecule has 146 valence electrons. The monoisotopic (exact) mass is 386 g/mol. The van der Waals surface area contributed by atoms with E-state index in [1.165, 1.54) is 6.39 Å². The van der Waals surface area contributed by atoms with Crippen LogP contribution in [0.15, 0.2) is 65.5 Å². The fourth-order valence-corrected chi connectivity index (χ4v) is 4.15. The first-order valence-corrected chi connectivity index (χ1v) is 10.0. The maximum atomic E-state index is 12.7. The number of nitrogens with one attached hydrogen (secondary N) is 2. The summed E-state index contributed by atoms with van der Waals surface area (Å²) in [6.07, 6.45) is 7.14. The van der Waals surface area contributed by atoms with Crippen molar-refractivity contribution < 1.29 is 9.21 Å². The first-order chi connectivity index (χ1) is 14.3. The van der Waals surface area contributed by atoms with Gasteiger partial charge in [0.15, 0.2) is 12.2 Å². The number of hydrogen-bond acceptors (Lipinski definition) is 4. The van der Waals surface area contributed by atoms with Crippen molar-refractivity contribution in [2.75, 3.05) is 0 Å². The van der Waals surface area contributed by atoms with Crippen molar-refractivity contribution in [2.45, 2.75) is 37.6 Å². The topological polar surface area (TPSA) is 83.8 Å². The third kappa shape index (κ3) is 3.66. The van der Waals surface area contributed by atoms with Gasteiger partial charge in [0.2, 0.25) is 0 Å². The molecule has 1 saturated carbocycles. The van der Waals surface area contributed by atoms with E-state index < -0.39 is 0 Å². The second kappa shape index (κ2) is 7.54. The third-order valence-electron chi connectivity index (χ3n) is 5.67. The Hall–Kier alpha value is -3.41. The number of fused-ring (bicyclic) bond motifs is 1. The van der Waals surface area contributed by atoms with Crippen LogP contribution in [0.3, 0.4) is 0 Å². The van der Waals surface area contributed by atoms with Gasteiger partial charge in [0, 0.05) is 23.1 Å². The third-order valence-corrected chi connectivity index (χ3v) is 5.67. The summed E-state index contributed by atoms with van der Waals surface area (Å²) in [6.45, 7) is 0. The molecule has 5 rings (SSSR count). The Balaban J connectivity index is 1.25. The summed E-state index contributed by atoms with van der Waals surface area (Å²) in [5.74, 6) is 2.03. The zero-order valence-electron chi connectivity index (χ0n) is 16.0. The minimum absolute atomic E-state index is 0.0376. The van der Waals surface area contributed by atoms with Crippen molar-refractivity contribution >= 4 is 16.9 Å². The lowest BCUT2D eigenvalue weighted by molar-refractivity contribution is 0.0924. The Morgan fingerprint density at radius 3 is 2.76 bits per heavy atom. The summed E-state index contributed by atoms with van der Waals surface area (Å²) in [4.78, 5) is 24.9. The number of nitrogens with zero attached hydrogens (tertiary/aromatic N) is 2. The van der Waals surface area contributed by atoms with E-state index in [2.05, 4.69) is 21.4 Å². The van der Waals surface area contributed by atoms with Gasteiger partial charge in [-0.05, 0) is 43.5 Å². The Labute approximate surface area is 168 Å². The van der Waals surface area contributed by atoms with E-state index in [-0.39, 0.29) is 11.9 Å². The molecular formula is C23H22N4O2. The van der Waals surface area contributed by atoms with Crippen LogP contribution in [0.25, 0.3) is 22.4 Å². The minimum atomic E-state index is -0.0376. The van der Waals surface area contributed by atoms with Crippen molar-refractivity contribution in [2.24, 2.45) is 0 Å². The van der Waals surface area contributed by atoms with Gasteiger partial charge >= 0.3 is 0 Å². The van der Waals surface area contributed by atoms with Gasteiger partial charge in [0.1, 0.15) is 5.82 Å². The van der Waals surface area contributed by atoms with Crippen molar-refractivity contribution in [1.82, 2.24) is 20.3 Å². The summed E-state index contributed by atoms with van der Waals surface area (Å²) < 4.78 is 5.30.